The van der Waals surface area contributed by atoms with E-state index in [1.165, 1.54) is 12.1 Å². The highest BCUT2D eigenvalue weighted by atomic mass is 19.4. The van der Waals surface area contributed by atoms with Crippen LogP contribution in [0.4, 0.5) is 13.2 Å². The summed E-state index contributed by atoms with van der Waals surface area (Å²) in [5.74, 6) is -4.74. The maximum absolute atomic E-state index is 12.8. The van der Waals surface area contributed by atoms with Crippen LogP contribution >= 0.6 is 0 Å². The van der Waals surface area contributed by atoms with E-state index >= 15 is 0 Å². The van der Waals surface area contributed by atoms with Crippen molar-refractivity contribution in [3.8, 4) is 0 Å². The predicted molar refractivity (Wildman–Crippen MR) is 73.7 cm³/mol. The second-order valence-electron chi connectivity index (χ2n) is 4.95. The summed E-state index contributed by atoms with van der Waals surface area (Å²) in [5.41, 5.74) is -1.96. The maximum atomic E-state index is 12.8. The molecule has 120 valence electrons. The second-order valence-corrected chi connectivity index (χ2v) is 4.95. The third-order valence-corrected chi connectivity index (χ3v) is 3.34. The number of carbonyl (C=O) groups is 3. The number of rotatable bonds is 4. The summed E-state index contributed by atoms with van der Waals surface area (Å²) in [6.45, 7) is 0. The van der Waals surface area contributed by atoms with E-state index in [1.54, 1.807) is 18.2 Å². The van der Waals surface area contributed by atoms with E-state index in [9.17, 15) is 27.6 Å². The van der Waals surface area contributed by atoms with Crippen LogP contribution in [0.25, 0.3) is 0 Å². The first kappa shape index (κ1) is 16.7. The standard InChI is InChI=1S/C16H11F3O4/c17-16(18,19)11-6-10(14(21)12(8-11)15(22)23)7-13(20)9-4-2-1-3-5-9/h1-6,8,10H,7H2,(H,22,23). The molecule has 1 N–H and O–H groups in total. The Labute approximate surface area is 128 Å². The van der Waals surface area contributed by atoms with E-state index in [-0.39, 0.29) is 5.56 Å². The molecular weight excluding hydrogens is 313 g/mol. The van der Waals surface area contributed by atoms with Crippen LogP contribution in [0.15, 0.2) is 53.6 Å². The minimum Gasteiger partial charge on any atom is -0.478 e. The largest absolute Gasteiger partial charge is 0.478 e. The molecule has 1 aromatic carbocycles. The molecule has 0 aliphatic heterocycles. The molecule has 2 rings (SSSR count). The molecule has 0 saturated heterocycles. The van der Waals surface area contributed by atoms with E-state index < -0.39 is 47.2 Å². The van der Waals surface area contributed by atoms with Gasteiger partial charge in [-0.15, -0.1) is 0 Å². The molecule has 0 aromatic heterocycles. The zero-order valence-electron chi connectivity index (χ0n) is 11.6. The van der Waals surface area contributed by atoms with Crippen LogP contribution < -0.4 is 0 Å². The van der Waals surface area contributed by atoms with E-state index in [0.717, 1.165) is 0 Å². The Morgan fingerprint density at radius 1 is 1.13 bits per heavy atom. The molecule has 7 heteroatoms. The summed E-state index contributed by atoms with van der Waals surface area (Å²) in [7, 11) is 0. The van der Waals surface area contributed by atoms with Crippen LogP contribution in [0.5, 0.6) is 0 Å². The van der Waals surface area contributed by atoms with Gasteiger partial charge in [0.25, 0.3) is 0 Å². The number of benzene rings is 1. The number of halogens is 3. The number of carboxylic acids is 1. The van der Waals surface area contributed by atoms with Gasteiger partial charge in [0.1, 0.15) is 5.57 Å². The van der Waals surface area contributed by atoms with Gasteiger partial charge in [0.2, 0.25) is 0 Å². The van der Waals surface area contributed by atoms with Gasteiger partial charge in [-0.05, 0) is 6.08 Å². The number of carbonyl (C=O) groups excluding carboxylic acids is 2. The minimum absolute atomic E-state index is 0.244. The quantitative estimate of drug-likeness (QED) is 0.683. The van der Waals surface area contributed by atoms with Crippen molar-refractivity contribution in [2.75, 3.05) is 0 Å². The first-order chi connectivity index (χ1) is 10.7. The van der Waals surface area contributed by atoms with Crippen molar-refractivity contribution in [1.82, 2.24) is 0 Å². The van der Waals surface area contributed by atoms with E-state index in [4.69, 9.17) is 5.11 Å². The van der Waals surface area contributed by atoms with Crippen LogP contribution in [0.3, 0.4) is 0 Å². The van der Waals surface area contributed by atoms with Crippen LogP contribution in [-0.4, -0.2) is 28.8 Å². The smallest absolute Gasteiger partial charge is 0.416 e. The summed E-state index contributed by atoms with van der Waals surface area (Å²) in [6, 6.07) is 7.76. The average Bonchev–Trinajstić information content (AvgIpc) is 2.48. The Hall–Kier alpha value is -2.70. The molecule has 0 fully saturated rings. The first-order valence-electron chi connectivity index (χ1n) is 6.56. The molecule has 1 aliphatic rings. The summed E-state index contributed by atoms with van der Waals surface area (Å²) < 4.78 is 38.5. The van der Waals surface area contributed by atoms with Crippen LogP contribution in [0.1, 0.15) is 16.8 Å². The summed E-state index contributed by atoms with van der Waals surface area (Å²) in [4.78, 5) is 35.0. The normalized spacial score (nSPS) is 18.2. The van der Waals surface area contributed by atoms with Gasteiger partial charge in [-0.3, -0.25) is 9.59 Å². The minimum atomic E-state index is -4.80. The fourth-order valence-corrected chi connectivity index (χ4v) is 2.20. The SMILES string of the molecule is O=C(O)C1=CC(C(F)(F)F)=CC(CC(=O)c2ccccc2)C1=O. The number of aliphatic carboxylic acids is 1. The lowest BCUT2D eigenvalue weighted by atomic mass is 9.84. The topological polar surface area (TPSA) is 71.4 Å². The van der Waals surface area contributed by atoms with Gasteiger partial charge >= 0.3 is 12.1 Å². The van der Waals surface area contributed by atoms with Crippen molar-refractivity contribution in [1.29, 1.82) is 0 Å². The van der Waals surface area contributed by atoms with Crippen LogP contribution in [0.2, 0.25) is 0 Å². The molecule has 4 nitrogen and oxygen atoms in total. The molecule has 0 bridgehead atoms. The van der Waals surface area contributed by atoms with Crippen molar-refractivity contribution < 1.29 is 32.7 Å². The fourth-order valence-electron chi connectivity index (χ4n) is 2.20. The van der Waals surface area contributed by atoms with Gasteiger partial charge in [0.15, 0.2) is 11.6 Å². The maximum Gasteiger partial charge on any atom is 0.416 e. The molecule has 23 heavy (non-hydrogen) atoms. The number of ketones is 2. The predicted octanol–water partition coefficient (Wildman–Crippen LogP) is 2.96. The fraction of sp³-hybridized carbons (Fsp3) is 0.188. The Bertz CT molecular complexity index is 715. The van der Waals surface area contributed by atoms with Crippen molar-refractivity contribution in [3.63, 3.8) is 0 Å². The second kappa shape index (κ2) is 6.20. The third kappa shape index (κ3) is 3.74. The number of Topliss-reactive ketones (excluding diaryl/α,β-unsaturated/α-hetero) is 2. The van der Waals surface area contributed by atoms with Gasteiger partial charge in [-0.1, -0.05) is 36.4 Å². The van der Waals surface area contributed by atoms with Gasteiger partial charge in [-0.2, -0.15) is 13.2 Å². The van der Waals surface area contributed by atoms with E-state index in [2.05, 4.69) is 0 Å². The molecule has 0 heterocycles. The van der Waals surface area contributed by atoms with Gasteiger partial charge in [0, 0.05) is 17.9 Å². The lowest BCUT2D eigenvalue weighted by Gasteiger charge is -2.19. The molecular formula is C16H11F3O4. The molecule has 0 spiro atoms. The van der Waals surface area contributed by atoms with Crippen molar-refractivity contribution in [3.05, 3.63) is 59.2 Å². The summed E-state index contributed by atoms with van der Waals surface area (Å²) in [5, 5.41) is 8.89. The Kier molecular flexibility index (Phi) is 4.49. The van der Waals surface area contributed by atoms with Crippen LogP contribution in [0, 0.1) is 5.92 Å². The highest BCUT2D eigenvalue weighted by Crippen LogP contribution is 2.34. The number of hydrogen-bond acceptors (Lipinski definition) is 3. The monoisotopic (exact) mass is 324 g/mol. The molecule has 1 aliphatic carbocycles. The Morgan fingerprint density at radius 2 is 1.74 bits per heavy atom. The van der Waals surface area contributed by atoms with Crippen LogP contribution in [-0.2, 0) is 9.59 Å². The summed E-state index contributed by atoms with van der Waals surface area (Å²) in [6.07, 6.45) is -4.41. The molecule has 0 radical (unpaired) electrons. The zero-order chi connectivity index (χ0) is 17.2. The molecule has 1 aromatic rings. The van der Waals surface area contributed by atoms with Crippen molar-refractivity contribution >= 4 is 17.5 Å². The lowest BCUT2D eigenvalue weighted by Crippen LogP contribution is -2.28. The average molecular weight is 324 g/mol. The van der Waals surface area contributed by atoms with Gasteiger partial charge in [-0.25, -0.2) is 4.79 Å². The van der Waals surface area contributed by atoms with E-state index in [0.29, 0.717) is 12.2 Å². The van der Waals surface area contributed by atoms with Crippen molar-refractivity contribution in [2.24, 2.45) is 5.92 Å². The molecule has 0 amide bonds. The zero-order valence-corrected chi connectivity index (χ0v) is 11.6. The first-order valence-corrected chi connectivity index (χ1v) is 6.56. The number of hydrogen-bond donors (Lipinski definition) is 1. The molecule has 0 saturated carbocycles. The molecule has 1 atom stereocenters. The third-order valence-electron chi connectivity index (χ3n) is 3.34. The highest BCUT2D eigenvalue weighted by molar-refractivity contribution is 6.20. The lowest BCUT2D eigenvalue weighted by molar-refractivity contribution is -0.135. The van der Waals surface area contributed by atoms with Crippen molar-refractivity contribution in [2.45, 2.75) is 12.6 Å². The number of allylic oxidation sites excluding steroid dienone is 3. The summed E-state index contributed by atoms with van der Waals surface area (Å²) >= 11 is 0. The van der Waals surface area contributed by atoms with E-state index in [1.807, 2.05) is 0 Å². The Morgan fingerprint density at radius 3 is 2.26 bits per heavy atom. The number of carboxylic acid groups (broad SMARTS) is 1. The van der Waals surface area contributed by atoms with Gasteiger partial charge in [0.05, 0.1) is 5.57 Å². The Balaban J connectivity index is 2.32. The molecule has 1 unspecified atom stereocenters. The highest BCUT2D eigenvalue weighted by Gasteiger charge is 2.39. The van der Waals surface area contributed by atoms with Gasteiger partial charge < -0.3 is 5.11 Å². The number of alkyl halides is 3.